The maximum Gasteiger partial charge on any atom is 0.314 e. The van der Waals surface area contributed by atoms with E-state index in [1.807, 2.05) is 36.4 Å². The predicted octanol–water partition coefficient (Wildman–Crippen LogP) is 2.63. The van der Waals surface area contributed by atoms with E-state index in [9.17, 15) is 19.2 Å². The summed E-state index contributed by atoms with van der Waals surface area (Å²) in [7, 11) is 1.58. The van der Waals surface area contributed by atoms with Gasteiger partial charge in [-0.25, -0.2) is 0 Å². The van der Waals surface area contributed by atoms with Crippen molar-refractivity contribution < 1.29 is 37.9 Å². The van der Waals surface area contributed by atoms with Crippen molar-refractivity contribution in [1.29, 1.82) is 0 Å². The molecule has 1 atom stereocenters. The molecule has 2 heterocycles. The lowest BCUT2D eigenvalue weighted by Gasteiger charge is -2.32. The summed E-state index contributed by atoms with van der Waals surface area (Å²) >= 11 is 0. The molecule has 234 valence electrons. The molecule has 0 spiro atoms. The van der Waals surface area contributed by atoms with Crippen LogP contribution in [0.4, 0.5) is 0 Å². The molecular formula is C32H38N4O8. The van der Waals surface area contributed by atoms with Crippen LogP contribution in [0.25, 0.3) is 11.3 Å². The van der Waals surface area contributed by atoms with E-state index >= 15 is 0 Å². The summed E-state index contributed by atoms with van der Waals surface area (Å²) in [6, 6.07) is 17.8. The minimum atomic E-state index is -1.12. The Morgan fingerprint density at radius 2 is 1.86 bits per heavy atom. The molecule has 0 fully saturated rings. The van der Waals surface area contributed by atoms with Crippen LogP contribution in [0.3, 0.4) is 0 Å². The van der Waals surface area contributed by atoms with Gasteiger partial charge >= 0.3 is 5.97 Å². The second kappa shape index (κ2) is 15.7. The monoisotopic (exact) mass is 606 g/mol. The van der Waals surface area contributed by atoms with Crippen LogP contribution in [-0.4, -0.2) is 86.9 Å². The molecule has 0 aliphatic carbocycles. The third-order valence-corrected chi connectivity index (χ3v) is 7.26. The van der Waals surface area contributed by atoms with E-state index in [1.54, 1.807) is 32.2 Å². The number of carbonyl (C=O) groups is 4. The summed E-state index contributed by atoms with van der Waals surface area (Å²) in [5.74, 6) is -1.03. The maximum absolute atomic E-state index is 13.5. The van der Waals surface area contributed by atoms with Gasteiger partial charge in [0.25, 0.3) is 11.8 Å². The van der Waals surface area contributed by atoms with Gasteiger partial charge in [0.1, 0.15) is 5.75 Å². The van der Waals surface area contributed by atoms with Gasteiger partial charge in [-0.05, 0) is 43.9 Å². The van der Waals surface area contributed by atoms with Crippen LogP contribution in [0.5, 0.6) is 5.75 Å². The Hall–Kier alpha value is -4.71. The van der Waals surface area contributed by atoms with E-state index in [-0.39, 0.29) is 51.5 Å². The van der Waals surface area contributed by atoms with Gasteiger partial charge in [-0.2, -0.15) is 0 Å². The van der Waals surface area contributed by atoms with Crippen molar-refractivity contribution in [2.24, 2.45) is 5.41 Å². The molecule has 0 saturated heterocycles. The molecule has 0 radical (unpaired) electrons. The first-order chi connectivity index (χ1) is 21.3. The number of aromatic nitrogens is 1. The molecule has 2 N–H and O–H groups in total. The first-order valence-corrected chi connectivity index (χ1v) is 14.6. The van der Waals surface area contributed by atoms with Crippen LogP contribution in [0.2, 0.25) is 0 Å². The Morgan fingerprint density at radius 3 is 2.64 bits per heavy atom. The molecule has 1 aromatic heterocycles. The van der Waals surface area contributed by atoms with Gasteiger partial charge in [-0.15, -0.1) is 0 Å². The van der Waals surface area contributed by atoms with E-state index in [0.717, 1.165) is 11.1 Å². The van der Waals surface area contributed by atoms with Crippen molar-refractivity contribution in [1.82, 2.24) is 20.7 Å². The zero-order valence-electron chi connectivity index (χ0n) is 25.0. The van der Waals surface area contributed by atoms with Gasteiger partial charge in [-0.1, -0.05) is 47.6 Å². The molecule has 2 aromatic carbocycles. The zero-order chi connectivity index (χ0) is 31.4. The number of nitrogens with one attached hydrogen (secondary N) is 2. The molecule has 12 nitrogen and oxygen atoms in total. The van der Waals surface area contributed by atoms with Gasteiger partial charge in [0.2, 0.25) is 5.91 Å². The number of esters is 1. The summed E-state index contributed by atoms with van der Waals surface area (Å²) in [5, 5.41) is 9.52. The van der Waals surface area contributed by atoms with E-state index in [1.165, 1.54) is 11.0 Å². The number of carbonyl (C=O) groups excluding carboxylic acids is 4. The van der Waals surface area contributed by atoms with E-state index in [0.29, 0.717) is 31.0 Å². The van der Waals surface area contributed by atoms with Gasteiger partial charge in [0.15, 0.2) is 18.1 Å². The third kappa shape index (κ3) is 8.66. The van der Waals surface area contributed by atoms with E-state index in [4.69, 9.17) is 18.7 Å². The Labute approximate surface area is 256 Å². The van der Waals surface area contributed by atoms with Crippen LogP contribution in [0.1, 0.15) is 35.8 Å². The molecule has 12 heteroatoms. The lowest BCUT2D eigenvalue weighted by molar-refractivity contribution is -0.156. The SMILES string of the molecule is CCOC(=O)C1(CCCOC)CNC(=O)CN(C(=O)c2cc(-c3ccccc3)on2)CCNC(=O)COc2cccc(c2)C1. The minimum Gasteiger partial charge on any atom is -0.484 e. The Morgan fingerprint density at radius 1 is 1.05 bits per heavy atom. The summed E-state index contributed by atoms with van der Waals surface area (Å²) in [4.78, 5) is 54.2. The van der Waals surface area contributed by atoms with Crippen molar-refractivity contribution in [3.8, 4) is 17.1 Å². The van der Waals surface area contributed by atoms with Gasteiger partial charge in [0, 0.05) is 45.0 Å². The number of benzene rings is 2. The molecule has 0 saturated carbocycles. The summed E-state index contributed by atoms with van der Waals surface area (Å²) in [6.45, 7) is 1.77. The zero-order valence-corrected chi connectivity index (χ0v) is 25.0. The Balaban J connectivity index is 1.61. The largest absolute Gasteiger partial charge is 0.484 e. The molecule has 1 aliphatic rings. The normalized spacial score (nSPS) is 18.1. The molecule has 3 aromatic rings. The standard InChI is InChI=1S/C32H38N4O8/c1-3-42-31(40)32(13-8-16-41-2)19-23-9-7-12-25(17-23)43-21-29(38)33-14-15-36(20-28(37)34-22-32)30(39)26-18-27(44-35-26)24-10-5-4-6-11-24/h4-7,9-12,17-18H,3,8,13-16,19-22H2,1-2H3,(H,33,38)(H,34,37). The van der Waals surface area contributed by atoms with Crippen molar-refractivity contribution in [3.63, 3.8) is 0 Å². The number of hydrogen-bond donors (Lipinski definition) is 2. The molecule has 44 heavy (non-hydrogen) atoms. The molecule has 3 amide bonds. The van der Waals surface area contributed by atoms with Gasteiger partial charge in [-0.3, -0.25) is 19.2 Å². The maximum atomic E-state index is 13.5. The summed E-state index contributed by atoms with van der Waals surface area (Å²) in [5.41, 5.74) is 0.403. The summed E-state index contributed by atoms with van der Waals surface area (Å²) < 4.78 is 21.9. The van der Waals surface area contributed by atoms with Crippen molar-refractivity contribution in [3.05, 3.63) is 71.9 Å². The average Bonchev–Trinajstić information content (AvgIpc) is 3.53. The average molecular weight is 607 g/mol. The number of nitrogens with zero attached hydrogens (tertiary/aromatic N) is 2. The first kappa shape index (κ1) is 32.2. The van der Waals surface area contributed by atoms with Crippen molar-refractivity contribution >= 4 is 23.7 Å². The van der Waals surface area contributed by atoms with Crippen LogP contribution in [0, 0.1) is 5.41 Å². The van der Waals surface area contributed by atoms with Crippen LogP contribution >= 0.6 is 0 Å². The number of amides is 3. The smallest absolute Gasteiger partial charge is 0.314 e. The topological polar surface area (TPSA) is 149 Å². The number of rotatable bonds is 8. The minimum absolute atomic E-state index is 0.0118. The highest BCUT2D eigenvalue weighted by molar-refractivity contribution is 5.95. The molecule has 1 unspecified atom stereocenters. The highest BCUT2D eigenvalue weighted by Crippen LogP contribution is 2.32. The predicted molar refractivity (Wildman–Crippen MR) is 160 cm³/mol. The third-order valence-electron chi connectivity index (χ3n) is 7.26. The Bertz CT molecular complexity index is 1430. The van der Waals surface area contributed by atoms with Gasteiger partial charge in [0.05, 0.1) is 18.6 Å². The fourth-order valence-corrected chi connectivity index (χ4v) is 5.02. The van der Waals surface area contributed by atoms with Crippen molar-refractivity contribution in [2.45, 2.75) is 26.2 Å². The van der Waals surface area contributed by atoms with Crippen LogP contribution < -0.4 is 15.4 Å². The molecular weight excluding hydrogens is 568 g/mol. The Kier molecular flexibility index (Phi) is 11.5. The molecule has 4 rings (SSSR count). The number of ether oxygens (including phenoxy) is 3. The van der Waals surface area contributed by atoms with Crippen LogP contribution in [-0.2, 0) is 30.3 Å². The van der Waals surface area contributed by atoms with E-state index < -0.39 is 29.1 Å². The lowest BCUT2D eigenvalue weighted by atomic mass is 9.77. The highest BCUT2D eigenvalue weighted by Gasteiger charge is 2.40. The fraction of sp³-hybridized carbons (Fsp3) is 0.406. The molecule has 2 bridgehead atoms. The highest BCUT2D eigenvalue weighted by atomic mass is 16.5. The second-order valence-electron chi connectivity index (χ2n) is 10.5. The number of fused-ring (bicyclic) bond motifs is 2. The molecule has 1 aliphatic heterocycles. The van der Waals surface area contributed by atoms with E-state index in [2.05, 4.69) is 15.8 Å². The first-order valence-electron chi connectivity index (χ1n) is 14.6. The van der Waals surface area contributed by atoms with Gasteiger partial charge < -0.3 is 34.3 Å². The fourth-order valence-electron chi connectivity index (χ4n) is 5.02. The van der Waals surface area contributed by atoms with Crippen LogP contribution in [0.15, 0.2) is 65.2 Å². The van der Waals surface area contributed by atoms with Crippen molar-refractivity contribution in [2.75, 3.05) is 53.1 Å². The lowest BCUT2D eigenvalue weighted by Crippen LogP contribution is -2.49. The second-order valence-corrected chi connectivity index (χ2v) is 10.5. The number of methoxy groups -OCH3 is 1. The number of hydrogen-bond acceptors (Lipinski definition) is 9. The summed E-state index contributed by atoms with van der Waals surface area (Å²) in [6.07, 6.45) is 1.16. The quantitative estimate of drug-likeness (QED) is 0.292.